The average Bonchev–Trinajstić information content (AvgIpc) is 2.45. The molecule has 0 aromatic heterocycles. The number of hydrogen-bond acceptors (Lipinski definition) is 3. The second-order valence-electron chi connectivity index (χ2n) is 4.64. The van der Waals surface area contributed by atoms with E-state index in [0.717, 1.165) is 26.2 Å². The van der Waals surface area contributed by atoms with Crippen molar-refractivity contribution in [1.29, 1.82) is 0 Å². The molecule has 1 aromatic rings. The van der Waals surface area contributed by atoms with Gasteiger partial charge in [0.1, 0.15) is 0 Å². The van der Waals surface area contributed by atoms with Crippen molar-refractivity contribution in [3.63, 3.8) is 0 Å². The standard InChI is InChI=1S/C16H28N2S/c1-4-18(5-2)14-15-9-7-10-16(13-15)17-11-8-12-19-6-3/h7,9-10,13,17H,4-6,8,11-12,14H2,1-3H3. The fourth-order valence-electron chi connectivity index (χ4n) is 2.04. The smallest absolute Gasteiger partial charge is 0.0343 e. The summed E-state index contributed by atoms with van der Waals surface area (Å²) in [6.07, 6.45) is 1.23. The van der Waals surface area contributed by atoms with Gasteiger partial charge >= 0.3 is 0 Å². The minimum atomic E-state index is 1.05. The van der Waals surface area contributed by atoms with E-state index in [1.54, 1.807) is 0 Å². The van der Waals surface area contributed by atoms with E-state index in [-0.39, 0.29) is 0 Å². The van der Waals surface area contributed by atoms with Gasteiger partial charge in [-0.15, -0.1) is 0 Å². The Bertz CT molecular complexity index is 337. The van der Waals surface area contributed by atoms with Crippen LogP contribution in [0.25, 0.3) is 0 Å². The molecule has 0 radical (unpaired) electrons. The second-order valence-corrected chi connectivity index (χ2v) is 6.03. The number of anilines is 1. The minimum Gasteiger partial charge on any atom is -0.385 e. The van der Waals surface area contributed by atoms with Gasteiger partial charge in [-0.1, -0.05) is 32.9 Å². The zero-order valence-electron chi connectivity index (χ0n) is 12.6. The van der Waals surface area contributed by atoms with Gasteiger partial charge in [-0.05, 0) is 48.7 Å². The van der Waals surface area contributed by atoms with Crippen LogP contribution in [-0.4, -0.2) is 36.0 Å². The molecule has 1 N–H and O–H groups in total. The van der Waals surface area contributed by atoms with E-state index >= 15 is 0 Å². The van der Waals surface area contributed by atoms with Gasteiger partial charge in [-0.3, -0.25) is 4.90 Å². The molecule has 108 valence electrons. The van der Waals surface area contributed by atoms with Gasteiger partial charge in [-0.25, -0.2) is 0 Å². The molecule has 0 saturated carbocycles. The molecule has 0 aliphatic heterocycles. The van der Waals surface area contributed by atoms with Crippen molar-refractivity contribution in [2.24, 2.45) is 0 Å². The molecule has 0 bridgehead atoms. The van der Waals surface area contributed by atoms with Crippen molar-refractivity contribution < 1.29 is 0 Å². The molecular formula is C16H28N2S. The van der Waals surface area contributed by atoms with E-state index in [1.165, 1.54) is 29.2 Å². The largest absolute Gasteiger partial charge is 0.385 e. The maximum Gasteiger partial charge on any atom is 0.0343 e. The number of thioether (sulfide) groups is 1. The van der Waals surface area contributed by atoms with Crippen molar-refractivity contribution in [1.82, 2.24) is 4.90 Å². The summed E-state index contributed by atoms with van der Waals surface area (Å²) in [4.78, 5) is 2.44. The summed E-state index contributed by atoms with van der Waals surface area (Å²) in [7, 11) is 0. The Morgan fingerprint density at radius 2 is 1.95 bits per heavy atom. The minimum absolute atomic E-state index is 1.05. The topological polar surface area (TPSA) is 15.3 Å². The Morgan fingerprint density at radius 3 is 2.63 bits per heavy atom. The molecule has 0 atom stereocenters. The predicted molar refractivity (Wildman–Crippen MR) is 89.2 cm³/mol. The van der Waals surface area contributed by atoms with Crippen LogP contribution >= 0.6 is 11.8 Å². The van der Waals surface area contributed by atoms with Crippen molar-refractivity contribution in [3.05, 3.63) is 29.8 Å². The number of nitrogens with one attached hydrogen (secondary N) is 1. The van der Waals surface area contributed by atoms with Crippen molar-refractivity contribution in [2.45, 2.75) is 33.7 Å². The molecule has 3 heteroatoms. The lowest BCUT2D eigenvalue weighted by atomic mass is 10.2. The lowest BCUT2D eigenvalue weighted by molar-refractivity contribution is 0.296. The van der Waals surface area contributed by atoms with Crippen molar-refractivity contribution >= 4 is 17.4 Å². The molecule has 2 nitrogen and oxygen atoms in total. The van der Waals surface area contributed by atoms with E-state index < -0.39 is 0 Å². The summed E-state index contributed by atoms with van der Waals surface area (Å²) in [6.45, 7) is 11.0. The predicted octanol–water partition coefficient (Wildman–Crippen LogP) is 4.08. The first-order valence-electron chi connectivity index (χ1n) is 7.43. The Morgan fingerprint density at radius 1 is 1.16 bits per heavy atom. The Kier molecular flexibility index (Phi) is 8.76. The molecule has 1 aromatic carbocycles. The molecule has 0 spiro atoms. The van der Waals surface area contributed by atoms with Crippen LogP contribution in [0.15, 0.2) is 24.3 Å². The van der Waals surface area contributed by atoms with Crippen LogP contribution in [0.3, 0.4) is 0 Å². The number of benzene rings is 1. The summed E-state index contributed by atoms with van der Waals surface area (Å²) in [5.74, 6) is 2.47. The maximum absolute atomic E-state index is 3.52. The summed E-state index contributed by atoms with van der Waals surface area (Å²) in [6, 6.07) is 8.82. The highest BCUT2D eigenvalue weighted by atomic mass is 32.2. The Labute approximate surface area is 123 Å². The fourth-order valence-corrected chi connectivity index (χ4v) is 2.67. The first-order valence-corrected chi connectivity index (χ1v) is 8.58. The van der Waals surface area contributed by atoms with Crippen LogP contribution in [0.4, 0.5) is 5.69 Å². The van der Waals surface area contributed by atoms with Crippen LogP contribution in [0.5, 0.6) is 0 Å². The van der Waals surface area contributed by atoms with Crippen molar-refractivity contribution in [3.8, 4) is 0 Å². The number of hydrogen-bond donors (Lipinski definition) is 1. The molecule has 19 heavy (non-hydrogen) atoms. The molecule has 0 aliphatic rings. The molecule has 0 unspecified atom stereocenters. The normalized spacial score (nSPS) is 10.9. The van der Waals surface area contributed by atoms with E-state index in [2.05, 4.69) is 55.3 Å². The Hall–Kier alpha value is -0.670. The lowest BCUT2D eigenvalue weighted by Gasteiger charge is -2.18. The zero-order chi connectivity index (χ0) is 13.9. The Balaban J connectivity index is 2.38. The monoisotopic (exact) mass is 280 g/mol. The van der Waals surface area contributed by atoms with Crippen LogP contribution in [0.1, 0.15) is 32.8 Å². The van der Waals surface area contributed by atoms with E-state index in [0.29, 0.717) is 0 Å². The van der Waals surface area contributed by atoms with Gasteiger partial charge < -0.3 is 5.32 Å². The zero-order valence-corrected chi connectivity index (χ0v) is 13.4. The first-order chi connectivity index (χ1) is 9.30. The highest BCUT2D eigenvalue weighted by molar-refractivity contribution is 7.99. The third kappa shape index (κ3) is 6.88. The number of nitrogens with zero attached hydrogens (tertiary/aromatic N) is 1. The van der Waals surface area contributed by atoms with Gasteiger partial charge in [0.15, 0.2) is 0 Å². The van der Waals surface area contributed by atoms with Gasteiger partial charge in [0, 0.05) is 18.8 Å². The van der Waals surface area contributed by atoms with E-state index in [9.17, 15) is 0 Å². The summed E-state index contributed by atoms with van der Waals surface area (Å²) in [5, 5.41) is 3.52. The molecule has 0 saturated heterocycles. The van der Waals surface area contributed by atoms with E-state index in [4.69, 9.17) is 0 Å². The molecule has 0 fully saturated rings. The third-order valence-corrected chi connectivity index (χ3v) is 4.21. The first kappa shape index (κ1) is 16.4. The van der Waals surface area contributed by atoms with E-state index in [1.807, 2.05) is 11.8 Å². The van der Waals surface area contributed by atoms with Gasteiger partial charge in [0.2, 0.25) is 0 Å². The third-order valence-electron chi connectivity index (χ3n) is 3.23. The van der Waals surface area contributed by atoms with Crippen LogP contribution in [0.2, 0.25) is 0 Å². The molecule has 0 heterocycles. The molecule has 1 rings (SSSR count). The van der Waals surface area contributed by atoms with Crippen molar-refractivity contribution in [2.75, 3.05) is 36.5 Å². The highest BCUT2D eigenvalue weighted by Crippen LogP contribution is 2.13. The molecule has 0 amide bonds. The molecular weight excluding hydrogens is 252 g/mol. The average molecular weight is 280 g/mol. The number of rotatable bonds is 10. The van der Waals surface area contributed by atoms with Gasteiger partial charge in [0.05, 0.1) is 0 Å². The lowest BCUT2D eigenvalue weighted by Crippen LogP contribution is -2.22. The summed E-state index contributed by atoms with van der Waals surface area (Å²) < 4.78 is 0. The van der Waals surface area contributed by atoms with Crippen LogP contribution < -0.4 is 5.32 Å². The second kappa shape index (κ2) is 10.2. The fraction of sp³-hybridized carbons (Fsp3) is 0.625. The molecule has 0 aliphatic carbocycles. The summed E-state index contributed by atoms with van der Waals surface area (Å²) in [5.41, 5.74) is 2.66. The van der Waals surface area contributed by atoms with Gasteiger partial charge in [0.25, 0.3) is 0 Å². The SMILES string of the molecule is CCSCCCNc1cccc(CN(CC)CC)c1. The van der Waals surface area contributed by atoms with Gasteiger partial charge in [-0.2, -0.15) is 11.8 Å². The summed E-state index contributed by atoms with van der Waals surface area (Å²) >= 11 is 2.01. The highest BCUT2D eigenvalue weighted by Gasteiger charge is 2.01. The van der Waals surface area contributed by atoms with Crippen LogP contribution in [0, 0.1) is 0 Å². The maximum atomic E-state index is 3.52. The quantitative estimate of drug-likeness (QED) is 0.650. The van der Waals surface area contributed by atoms with Crippen LogP contribution in [-0.2, 0) is 6.54 Å².